The predicted molar refractivity (Wildman–Crippen MR) is 112 cm³/mol. The lowest BCUT2D eigenvalue weighted by molar-refractivity contribution is 0.0700. The fourth-order valence-corrected chi connectivity index (χ4v) is 4.77. The highest BCUT2D eigenvalue weighted by Gasteiger charge is 2.45. The number of aliphatic hydroxyl groups is 1. The quantitative estimate of drug-likeness (QED) is 0.697. The number of nitrogens with zero attached hydrogens (tertiary/aromatic N) is 2. The van der Waals surface area contributed by atoms with Crippen molar-refractivity contribution in [3.63, 3.8) is 0 Å². The van der Waals surface area contributed by atoms with E-state index in [2.05, 4.69) is 16.4 Å². The maximum atomic E-state index is 13.4. The van der Waals surface area contributed by atoms with Gasteiger partial charge in [-0.1, -0.05) is 18.2 Å². The molecule has 0 radical (unpaired) electrons. The number of pyridine rings is 1. The summed E-state index contributed by atoms with van der Waals surface area (Å²) in [6.07, 6.45) is 4.06. The van der Waals surface area contributed by atoms with Gasteiger partial charge in [-0.05, 0) is 59.5 Å². The van der Waals surface area contributed by atoms with Crippen LogP contribution in [0.15, 0.2) is 67.0 Å². The summed E-state index contributed by atoms with van der Waals surface area (Å²) >= 11 is 0. The van der Waals surface area contributed by atoms with E-state index in [1.165, 1.54) is 12.1 Å². The van der Waals surface area contributed by atoms with Crippen molar-refractivity contribution >= 4 is 11.6 Å². The molecule has 3 aromatic rings. The van der Waals surface area contributed by atoms with Crippen molar-refractivity contribution in [1.29, 1.82) is 0 Å². The predicted octanol–water partition coefficient (Wildman–Crippen LogP) is 3.88. The fraction of sp³-hybridized carbons (Fsp3) is 0.250. The van der Waals surface area contributed by atoms with Crippen LogP contribution in [0.2, 0.25) is 0 Å². The van der Waals surface area contributed by atoms with Crippen LogP contribution < -0.4 is 5.32 Å². The van der Waals surface area contributed by atoms with Gasteiger partial charge in [0.2, 0.25) is 0 Å². The summed E-state index contributed by atoms with van der Waals surface area (Å²) in [5.74, 6) is -0.202. The second-order valence-corrected chi connectivity index (χ2v) is 7.88. The molecule has 5 nitrogen and oxygen atoms in total. The third-order valence-electron chi connectivity index (χ3n) is 6.22. The van der Waals surface area contributed by atoms with Gasteiger partial charge >= 0.3 is 0 Å². The van der Waals surface area contributed by atoms with E-state index in [-0.39, 0.29) is 36.3 Å². The minimum Gasteiger partial charge on any atom is -0.394 e. The van der Waals surface area contributed by atoms with E-state index in [4.69, 9.17) is 0 Å². The highest BCUT2D eigenvalue weighted by molar-refractivity contribution is 5.94. The third-order valence-corrected chi connectivity index (χ3v) is 6.22. The second kappa shape index (κ2) is 7.54. The second-order valence-electron chi connectivity index (χ2n) is 7.88. The summed E-state index contributed by atoms with van der Waals surface area (Å²) in [5, 5.41) is 13.4. The first-order valence-corrected chi connectivity index (χ1v) is 10.1. The first kappa shape index (κ1) is 18.8. The SMILES string of the molecule is O=C(c1cccnc1)N1CC[C@@H]2[C@H]1c1cc(-c3ccc(F)cc3)ccc1N[C@@H]2CO. The van der Waals surface area contributed by atoms with Crippen LogP contribution in [0.1, 0.15) is 28.4 Å². The van der Waals surface area contributed by atoms with Crippen molar-refractivity contribution in [1.82, 2.24) is 9.88 Å². The van der Waals surface area contributed by atoms with Gasteiger partial charge in [-0.25, -0.2) is 4.39 Å². The lowest BCUT2D eigenvalue weighted by Gasteiger charge is -2.39. The summed E-state index contributed by atoms with van der Waals surface area (Å²) in [4.78, 5) is 19.2. The summed E-state index contributed by atoms with van der Waals surface area (Å²) in [6, 6.07) is 15.8. The molecule has 152 valence electrons. The van der Waals surface area contributed by atoms with Crippen LogP contribution >= 0.6 is 0 Å². The average Bonchev–Trinajstić information content (AvgIpc) is 3.24. The molecular weight excluding hydrogens is 381 g/mol. The van der Waals surface area contributed by atoms with Crippen LogP contribution in [0.25, 0.3) is 11.1 Å². The van der Waals surface area contributed by atoms with Crippen LogP contribution in [0.4, 0.5) is 10.1 Å². The fourth-order valence-electron chi connectivity index (χ4n) is 4.77. The number of likely N-dealkylation sites (tertiary alicyclic amines) is 1. The first-order chi connectivity index (χ1) is 14.7. The number of hydrogen-bond donors (Lipinski definition) is 2. The zero-order chi connectivity index (χ0) is 20.7. The van der Waals surface area contributed by atoms with Crippen LogP contribution in [0.5, 0.6) is 0 Å². The first-order valence-electron chi connectivity index (χ1n) is 10.1. The number of aromatic nitrogens is 1. The lowest BCUT2D eigenvalue weighted by Crippen LogP contribution is -2.42. The number of fused-ring (bicyclic) bond motifs is 3. The molecule has 1 fully saturated rings. The zero-order valence-electron chi connectivity index (χ0n) is 16.3. The lowest BCUT2D eigenvalue weighted by atomic mass is 9.82. The molecular formula is C24H22FN3O2. The molecule has 0 saturated carbocycles. The van der Waals surface area contributed by atoms with E-state index in [1.54, 1.807) is 36.7 Å². The van der Waals surface area contributed by atoms with E-state index < -0.39 is 0 Å². The Hall–Kier alpha value is -3.25. The number of halogens is 1. The molecule has 2 aromatic carbocycles. The molecule has 0 unspecified atom stereocenters. The molecule has 2 N–H and O–H groups in total. The maximum Gasteiger partial charge on any atom is 0.255 e. The molecule has 6 heteroatoms. The molecule has 3 heterocycles. The van der Waals surface area contributed by atoms with Gasteiger partial charge in [-0.15, -0.1) is 0 Å². The van der Waals surface area contributed by atoms with Crippen LogP contribution in [-0.4, -0.2) is 40.1 Å². The monoisotopic (exact) mass is 403 g/mol. The van der Waals surface area contributed by atoms with Gasteiger partial charge in [-0.2, -0.15) is 0 Å². The summed E-state index contributed by atoms with van der Waals surface area (Å²) in [5.41, 5.74) is 4.40. The molecule has 3 atom stereocenters. The highest BCUT2D eigenvalue weighted by atomic mass is 19.1. The number of carbonyl (C=O) groups is 1. The molecule has 30 heavy (non-hydrogen) atoms. The normalized spacial score (nSPS) is 22.2. The Morgan fingerprint density at radius 3 is 2.70 bits per heavy atom. The van der Waals surface area contributed by atoms with Gasteiger partial charge in [0.05, 0.1) is 24.3 Å². The Balaban J connectivity index is 1.57. The van der Waals surface area contributed by atoms with Crippen molar-refractivity contribution < 1.29 is 14.3 Å². The van der Waals surface area contributed by atoms with Crippen molar-refractivity contribution in [3.05, 3.63) is 83.9 Å². The maximum absolute atomic E-state index is 13.4. The standard InChI is InChI=1S/C24H22FN3O2/c25-18-6-3-15(4-7-18)16-5-8-21-20(12-16)23-19(22(14-29)27-21)9-11-28(23)24(30)17-2-1-10-26-13-17/h1-8,10,12-13,19,22-23,27,29H,9,11,14H2/t19-,22+,23-/m0/s1. The van der Waals surface area contributed by atoms with Crippen LogP contribution in [0, 0.1) is 11.7 Å². The average molecular weight is 403 g/mol. The van der Waals surface area contributed by atoms with Crippen molar-refractivity contribution in [3.8, 4) is 11.1 Å². The number of rotatable bonds is 3. The largest absolute Gasteiger partial charge is 0.394 e. The van der Waals surface area contributed by atoms with E-state index in [9.17, 15) is 14.3 Å². The number of benzene rings is 2. The molecule has 1 aromatic heterocycles. The number of amides is 1. The molecule has 2 aliphatic heterocycles. The Morgan fingerprint density at radius 1 is 1.17 bits per heavy atom. The van der Waals surface area contributed by atoms with Crippen LogP contribution in [0.3, 0.4) is 0 Å². The molecule has 0 spiro atoms. The topological polar surface area (TPSA) is 65.5 Å². The molecule has 0 aliphatic carbocycles. The molecule has 1 amide bonds. The van der Waals surface area contributed by atoms with Gasteiger partial charge in [0.1, 0.15) is 5.82 Å². The van der Waals surface area contributed by atoms with Gasteiger partial charge < -0.3 is 15.3 Å². The van der Waals surface area contributed by atoms with Crippen LogP contribution in [-0.2, 0) is 0 Å². The summed E-state index contributed by atoms with van der Waals surface area (Å²) < 4.78 is 13.4. The van der Waals surface area contributed by atoms with E-state index in [1.807, 2.05) is 17.0 Å². The number of nitrogens with one attached hydrogen (secondary N) is 1. The molecule has 1 saturated heterocycles. The number of anilines is 1. The smallest absolute Gasteiger partial charge is 0.255 e. The Labute approximate surface area is 174 Å². The van der Waals surface area contributed by atoms with Gasteiger partial charge in [-0.3, -0.25) is 9.78 Å². The van der Waals surface area contributed by atoms with E-state index in [0.29, 0.717) is 12.1 Å². The summed E-state index contributed by atoms with van der Waals surface area (Å²) in [6.45, 7) is 0.636. The Morgan fingerprint density at radius 2 is 1.97 bits per heavy atom. The van der Waals surface area contributed by atoms with E-state index in [0.717, 1.165) is 28.8 Å². The van der Waals surface area contributed by atoms with Gasteiger partial charge in [0.25, 0.3) is 5.91 Å². The number of hydrogen-bond acceptors (Lipinski definition) is 4. The van der Waals surface area contributed by atoms with Crippen molar-refractivity contribution in [2.75, 3.05) is 18.5 Å². The Bertz CT molecular complexity index is 1070. The number of carbonyl (C=O) groups excluding carboxylic acids is 1. The van der Waals surface area contributed by atoms with E-state index >= 15 is 0 Å². The van der Waals surface area contributed by atoms with Crippen molar-refractivity contribution in [2.45, 2.75) is 18.5 Å². The highest BCUT2D eigenvalue weighted by Crippen LogP contribution is 2.47. The molecule has 2 aliphatic rings. The minimum atomic E-state index is -0.270. The number of aliphatic hydroxyl groups excluding tert-OH is 1. The molecule has 5 rings (SSSR count). The minimum absolute atomic E-state index is 0.00917. The van der Waals surface area contributed by atoms with Crippen molar-refractivity contribution in [2.24, 2.45) is 5.92 Å². The molecule has 0 bridgehead atoms. The zero-order valence-corrected chi connectivity index (χ0v) is 16.3. The Kier molecular flexibility index (Phi) is 4.71. The van der Waals surface area contributed by atoms with Gasteiger partial charge in [0, 0.05) is 30.5 Å². The van der Waals surface area contributed by atoms with Gasteiger partial charge in [0.15, 0.2) is 0 Å². The third kappa shape index (κ3) is 3.13. The summed E-state index contributed by atoms with van der Waals surface area (Å²) in [7, 11) is 0.